The lowest BCUT2D eigenvalue weighted by atomic mass is 10.1. The monoisotopic (exact) mass is 446 g/mol. The van der Waals surface area contributed by atoms with Gasteiger partial charge in [0.15, 0.2) is 11.5 Å². The molecular formula is C26H30N4O3. The van der Waals surface area contributed by atoms with Crippen LogP contribution in [0.25, 0.3) is 0 Å². The van der Waals surface area contributed by atoms with Gasteiger partial charge in [-0.1, -0.05) is 31.5 Å². The van der Waals surface area contributed by atoms with Gasteiger partial charge in [0, 0.05) is 44.6 Å². The fraction of sp³-hybridized carbons (Fsp3) is 0.385. The minimum atomic E-state index is -0.374. The molecule has 2 heterocycles. The number of piperazine rings is 1. The Morgan fingerprint density at radius 1 is 1.06 bits per heavy atom. The average Bonchev–Trinajstić information content (AvgIpc) is 3.31. The first-order valence-corrected chi connectivity index (χ1v) is 11.5. The largest absolute Gasteiger partial charge is 0.454 e. The lowest BCUT2D eigenvalue weighted by Crippen LogP contribution is -2.43. The molecule has 1 fully saturated rings. The van der Waals surface area contributed by atoms with Gasteiger partial charge in [-0.3, -0.25) is 9.69 Å². The van der Waals surface area contributed by atoms with Crippen molar-refractivity contribution in [2.75, 3.05) is 38.3 Å². The highest BCUT2D eigenvalue weighted by molar-refractivity contribution is 6.06. The molecule has 2 aliphatic heterocycles. The summed E-state index contributed by atoms with van der Waals surface area (Å²) in [5.41, 5.74) is 3.26. The molecule has 2 aromatic rings. The van der Waals surface area contributed by atoms with Gasteiger partial charge in [0.1, 0.15) is 11.6 Å². The number of carbonyl (C=O) groups is 1. The number of nitriles is 1. The van der Waals surface area contributed by atoms with Crippen molar-refractivity contribution in [1.82, 2.24) is 9.80 Å². The van der Waals surface area contributed by atoms with Gasteiger partial charge in [0.2, 0.25) is 6.79 Å². The second-order valence-corrected chi connectivity index (χ2v) is 8.41. The van der Waals surface area contributed by atoms with Crippen LogP contribution in [0.5, 0.6) is 11.5 Å². The van der Waals surface area contributed by atoms with E-state index in [1.807, 2.05) is 41.3 Å². The number of nitrogens with zero attached hydrogens (tertiary/aromatic N) is 3. The highest BCUT2D eigenvalue weighted by Crippen LogP contribution is 2.32. The van der Waals surface area contributed by atoms with Gasteiger partial charge in [0.05, 0.1) is 0 Å². The highest BCUT2D eigenvalue weighted by atomic mass is 16.7. The van der Waals surface area contributed by atoms with Gasteiger partial charge in [-0.15, -0.1) is 0 Å². The number of aryl methyl sites for hydroxylation is 1. The Balaban J connectivity index is 1.28. The fourth-order valence-corrected chi connectivity index (χ4v) is 4.00. The number of rotatable bonds is 8. The van der Waals surface area contributed by atoms with Crippen LogP contribution in [0.15, 0.2) is 54.2 Å². The van der Waals surface area contributed by atoms with Crippen molar-refractivity contribution in [2.45, 2.75) is 32.7 Å². The zero-order valence-corrected chi connectivity index (χ0v) is 19.0. The van der Waals surface area contributed by atoms with E-state index in [9.17, 15) is 10.1 Å². The Kier molecular flexibility index (Phi) is 7.48. The predicted molar refractivity (Wildman–Crippen MR) is 127 cm³/mol. The zero-order valence-electron chi connectivity index (χ0n) is 19.0. The molecule has 33 heavy (non-hydrogen) atoms. The molecule has 1 N–H and O–H groups in total. The van der Waals surface area contributed by atoms with E-state index in [0.717, 1.165) is 63.5 Å². The zero-order chi connectivity index (χ0) is 23.0. The van der Waals surface area contributed by atoms with Crippen molar-refractivity contribution in [2.24, 2.45) is 0 Å². The molecule has 0 radical (unpaired) electrons. The highest BCUT2D eigenvalue weighted by Gasteiger charge is 2.19. The maximum Gasteiger partial charge on any atom is 0.267 e. The molecule has 0 saturated carbocycles. The third kappa shape index (κ3) is 6.05. The number of ether oxygens (including phenoxy) is 2. The summed E-state index contributed by atoms with van der Waals surface area (Å²) in [7, 11) is 0. The van der Waals surface area contributed by atoms with Crippen LogP contribution in [0.2, 0.25) is 0 Å². The fourth-order valence-electron chi connectivity index (χ4n) is 4.00. The third-order valence-electron chi connectivity index (χ3n) is 5.96. The summed E-state index contributed by atoms with van der Waals surface area (Å²) in [6, 6.07) is 15.9. The van der Waals surface area contributed by atoms with Crippen LogP contribution in [0, 0.1) is 11.3 Å². The first-order chi connectivity index (χ1) is 16.1. The number of anilines is 1. The number of fused-ring (bicyclic) bond motifs is 1. The molecule has 1 amide bonds. The number of amides is 1. The summed E-state index contributed by atoms with van der Waals surface area (Å²) in [5, 5.41) is 12.4. The van der Waals surface area contributed by atoms with E-state index in [-0.39, 0.29) is 18.3 Å². The first-order valence-electron chi connectivity index (χ1n) is 11.5. The van der Waals surface area contributed by atoms with Gasteiger partial charge in [-0.25, -0.2) is 0 Å². The summed E-state index contributed by atoms with van der Waals surface area (Å²) in [5.74, 6) is 1.22. The minimum Gasteiger partial charge on any atom is -0.454 e. The molecule has 0 unspecified atom stereocenters. The van der Waals surface area contributed by atoms with Crippen LogP contribution in [-0.4, -0.2) is 48.7 Å². The van der Waals surface area contributed by atoms with E-state index in [4.69, 9.17) is 9.47 Å². The molecule has 4 rings (SSSR count). The predicted octanol–water partition coefficient (Wildman–Crippen LogP) is 3.92. The molecule has 0 bridgehead atoms. The summed E-state index contributed by atoms with van der Waals surface area (Å²) in [6.07, 6.45) is 5.02. The maximum absolute atomic E-state index is 12.6. The molecule has 2 aliphatic rings. The molecule has 0 spiro atoms. The van der Waals surface area contributed by atoms with E-state index in [1.165, 1.54) is 11.1 Å². The first kappa shape index (κ1) is 22.7. The van der Waals surface area contributed by atoms with Gasteiger partial charge >= 0.3 is 0 Å². The molecule has 0 atom stereocenters. The SMILES string of the molecule is CCCCc1ccc(NC(=O)/C(C#N)=C\N2CCN(Cc3ccc4c(c3)OCO4)CC2)cc1. The van der Waals surface area contributed by atoms with Crippen molar-refractivity contribution < 1.29 is 14.3 Å². The summed E-state index contributed by atoms with van der Waals surface area (Å²) in [4.78, 5) is 17.0. The average molecular weight is 447 g/mol. The molecule has 0 aromatic heterocycles. The lowest BCUT2D eigenvalue weighted by Gasteiger charge is -2.34. The van der Waals surface area contributed by atoms with Crippen LogP contribution in [-0.2, 0) is 17.8 Å². The van der Waals surface area contributed by atoms with Crippen LogP contribution < -0.4 is 14.8 Å². The number of nitrogens with one attached hydrogen (secondary N) is 1. The van der Waals surface area contributed by atoms with Crippen LogP contribution in [0.3, 0.4) is 0 Å². The number of carbonyl (C=O) groups excluding carboxylic acids is 1. The van der Waals surface area contributed by atoms with Crippen molar-refractivity contribution >= 4 is 11.6 Å². The molecule has 2 aromatic carbocycles. The normalized spacial score (nSPS) is 15.9. The van der Waals surface area contributed by atoms with Crippen molar-refractivity contribution in [1.29, 1.82) is 5.26 Å². The second kappa shape index (κ2) is 10.9. The summed E-state index contributed by atoms with van der Waals surface area (Å²) >= 11 is 0. The van der Waals surface area contributed by atoms with Gasteiger partial charge in [-0.05, 0) is 48.2 Å². The molecule has 7 nitrogen and oxygen atoms in total. The number of unbranched alkanes of at least 4 members (excludes halogenated alkanes) is 1. The number of hydrogen-bond acceptors (Lipinski definition) is 6. The molecular weight excluding hydrogens is 416 g/mol. The Morgan fingerprint density at radius 3 is 2.52 bits per heavy atom. The third-order valence-corrected chi connectivity index (χ3v) is 5.96. The van der Waals surface area contributed by atoms with Crippen molar-refractivity contribution in [3.63, 3.8) is 0 Å². The Labute approximate surface area is 195 Å². The summed E-state index contributed by atoms with van der Waals surface area (Å²) < 4.78 is 10.8. The number of hydrogen-bond donors (Lipinski definition) is 1. The van der Waals surface area contributed by atoms with Crippen LogP contribution in [0.1, 0.15) is 30.9 Å². The Morgan fingerprint density at radius 2 is 1.79 bits per heavy atom. The Hall–Kier alpha value is -3.50. The van der Waals surface area contributed by atoms with Crippen LogP contribution in [0.4, 0.5) is 5.69 Å². The molecule has 0 aliphatic carbocycles. The van der Waals surface area contributed by atoms with Crippen molar-refractivity contribution in [3.8, 4) is 17.6 Å². The topological polar surface area (TPSA) is 77.8 Å². The van der Waals surface area contributed by atoms with Crippen molar-refractivity contribution in [3.05, 3.63) is 65.4 Å². The Bertz CT molecular complexity index is 1030. The van der Waals surface area contributed by atoms with Crippen LogP contribution >= 0.6 is 0 Å². The smallest absolute Gasteiger partial charge is 0.267 e. The van der Waals surface area contributed by atoms with Gasteiger partial charge in [-0.2, -0.15) is 5.26 Å². The van der Waals surface area contributed by atoms with E-state index in [2.05, 4.69) is 29.3 Å². The van der Waals surface area contributed by atoms with E-state index >= 15 is 0 Å². The maximum atomic E-state index is 12.6. The molecule has 1 saturated heterocycles. The number of benzene rings is 2. The van der Waals surface area contributed by atoms with E-state index in [1.54, 1.807) is 6.20 Å². The molecule has 172 valence electrons. The molecule has 7 heteroatoms. The second-order valence-electron chi connectivity index (χ2n) is 8.41. The lowest BCUT2D eigenvalue weighted by molar-refractivity contribution is -0.112. The minimum absolute atomic E-state index is 0.120. The van der Waals surface area contributed by atoms with Gasteiger partial charge < -0.3 is 19.7 Å². The quantitative estimate of drug-likeness (QED) is 0.489. The standard InChI is InChI=1S/C26H30N4O3/c1-2-3-4-20-5-8-23(9-6-20)28-26(31)22(16-27)18-30-13-11-29(12-14-30)17-21-7-10-24-25(15-21)33-19-32-24/h5-10,15,18H,2-4,11-14,17,19H2,1H3,(H,28,31)/b22-18-. The van der Waals surface area contributed by atoms with E-state index < -0.39 is 0 Å². The van der Waals surface area contributed by atoms with E-state index in [0.29, 0.717) is 5.69 Å². The van der Waals surface area contributed by atoms with Gasteiger partial charge in [0.25, 0.3) is 5.91 Å². The summed E-state index contributed by atoms with van der Waals surface area (Å²) in [6.45, 7) is 6.50.